The van der Waals surface area contributed by atoms with Crippen molar-refractivity contribution >= 4 is 57.6 Å². The number of hydrogen-bond acceptors (Lipinski definition) is 5. The Hall–Kier alpha value is -1.97. The van der Waals surface area contributed by atoms with Gasteiger partial charge >= 0.3 is 12.1 Å². The lowest BCUT2D eigenvalue weighted by molar-refractivity contribution is -0.143. The number of esters is 1. The van der Waals surface area contributed by atoms with Gasteiger partial charge in [0, 0.05) is 11.0 Å². The van der Waals surface area contributed by atoms with Crippen molar-refractivity contribution in [2.24, 2.45) is 0 Å². The van der Waals surface area contributed by atoms with Crippen molar-refractivity contribution < 1.29 is 22.7 Å². The van der Waals surface area contributed by atoms with Gasteiger partial charge in [0.15, 0.2) is 0 Å². The molecule has 0 aromatic heterocycles. The van der Waals surface area contributed by atoms with E-state index >= 15 is 0 Å². The van der Waals surface area contributed by atoms with Gasteiger partial charge in [-0.05, 0) is 30.6 Å². The molecule has 0 spiro atoms. The molecule has 1 aromatic rings. The zero-order valence-electron chi connectivity index (χ0n) is 15.4. The summed E-state index contributed by atoms with van der Waals surface area (Å²) in [5, 5.41) is 0. The normalized spacial score (nSPS) is 16.9. The predicted molar refractivity (Wildman–Crippen MR) is 118 cm³/mol. The smallest absolute Gasteiger partial charge is 0.409 e. The van der Waals surface area contributed by atoms with Crippen molar-refractivity contribution in [3.05, 3.63) is 64.6 Å². The first-order chi connectivity index (χ1) is 13.7. The number of alkyl halides is 3. The number of nitrogens with zero attached hydrogens (tertiary/aromatic N) is 1. The third-order valence-corrected chi connectivity index (χ3v) is 5.53. The quantitative estimate of drug-likeness (QED) is 0.172. The highest BCUT2D eigenvalue weighted by atomic mass is 32.2. The number of thioether (sulfide) groups is 1. The molecule has 0 radical (unpaired) electrons. The molecule has 1 aliphatic rings. The monoisotopic (exact) mass is 457 g/mol. The fraction of sp³-hybridized carbons (Fsp3) is 0.250. The van der Waals surface area contributed by atoms with Crippen molar-refractivity contribution in [2.75, 3.05) is 13.2 Å². The van der Waals surface area contributed by atoms with Crippen molar-refractivity contribution in [1.29, 1.82) is 0 Å². The molecule has 1 saturated heterocycles. The molecule has 0 saturated carbocycles. The number of thiocarbonyl (C=S) groups is 2. The average molecular weight is 458 g/mol. The Kier molecular flexibility index (Phi) is 8.60. The van der Waals surface area contributed by atoms with E-state index in [0.29, 0.717) is 9.31 Å². The van der Waals surface area contributed by atoms with E-state index in [2.05, 4.69) is 0 Å². The highest BCUT2D eigenvalue weighted by Gasteiger charge is 2.30. The van der Waals surface area contributed by atoms with E-state index in [-0.39, 0.29) is 25.6 Å². The summed E-state index contributed by atoms with van der Waals surface area (Å²) in [5.41, 5.74) is 2.03. The lowest BCUT2D eigenvalue weighted by atomic mass is 10.1. The van der Waals surface area contributed by atoms with Crippen LogP contribution in [0.15, 0.2) is 59.0 Å². The van der Waals surface area contributed by atoms with E-state index < -0.39 is 12.1 Å². The van der Waals surface area contributed by atoms with E-state index in [9.17, 15) is 18.0 Å². The van der Waals surface area contributed by atoms with Gasteiger partial charge in [0.2, 0.25) is 0 Å². The number of allylic oxidation sites excluding steroid dienone is 3. The lowest BCUT2D eigenvalue weighted by Gasteiger charge is -2.15. The van der Waals surface area contributed by atoms with Crippen LogP contribution in [0.4, 0.5) is 13.2 Å². The van der Waals surface area contributed by atoms with Crippen LogP contribution >= 0.6 is 36.2 Å². The van der Waals surface area contributed by atoms with Crippen molar-refractivity contribution in [3.63, 3.8) is 0 Å². The number of carbonyl (C=O) groups is 1. The van der Waals surface area contributed by atoms with Crippen molar-refractivity contribution in [3.8, 4) is 0 Å². The molecule has 0 N–H and O–H groups in total. The molecule has 1 fully saturated rings. The van der Waals surface area contributed by atoms with Gasteiger partial charge in [-0.1, -0.05) is 78.7 Å². The van der Waals surface area contributed by atoms with Crippen LogP contribution in [0.5, 0.6) is 0 Å². The van der Waals surface area contributed by atoms with E-state index in [1.165, 1.54) is 16.7 Å². The molecule has 0 bridgehead atoms. The Balaban J connectivity index is 1.90. The highest BCUT2D eigenvalue weighted by molar-refractivity contribution is 8.27. The summed E-state index contributed by atoms with van der Waals surface area (Å²) >= 11 is 12.0. The van der Waals surface area contributed by atoms with Crippen molar-refractivity contribution in [1.82, 2.24) is 4.90 Å². The Bertz CT molecular complexity index is 861. The molecule has 0 amide bonds. The molecule has 1 heterocycles. The largest absolute Gasteiger partial charge is 0.464 e. The van der Waals surface area contributed by atoms with Crippen LogP contribution in [0.25, 0.3) is 6.08 Å². The summed E-state index contributed by atoms with van der Waals surface area (Å²) in [4.78, 5) is 14.6. The van der Waals surface area contributed by atoms with Crippen LogP contribution in [0.2, 0.25) is 0 Å². The van der Waals surface area contributed by atoms with Crippen LogP contribution < -0.4 is 0 Å². The number of carbonyl (C=O) groups excluding carboxylic acids is 1. The maximum atomic E-state index is 12.0. The summed E-state index contributed by atoms with van der Waals surface area (Å²) < 4.78 is 41.4. The SMILES string of the molecule is CC(/C=C1\SC(=S)N(CC(=O)OCC/C=C\C(F)(F)F)C1=S)=C\c1ccccc1. The summed E-state index contributed by atoms with van der Waals surface area (Å²) in [6, 6.07) is 9.80. The van der Waals surface area contributed by atoms with Crippen molar-refractivity contribution in [2.45, 2.75) is 19.5 Å². The third-order valence-electron chi connectivity index (χ3n) is 3.57. The molecular weight excluding hydrogens is 439 g/mol. The van der Waals surface area contributed by atoms with Crippen LogP contribution in [-0.2, 0) is 9.53 Å². The first kappa shape index (κ1) is 23.3. The van der Waals surface area contributed by atoms with Crippen LogP contribution in [0.1, 0.15) is 18.9 Å². The van der Waals surface area contributed by atoms with Crippen LogP contribution in [0, 0.1) is 0 Å². The molecule has 1 aliphatic heterocycles. The van der Waals surface area contributed by atoms with E-state index in [1.807, 2.05) is 49.4 Å². The first-order valence-corrected chi connectivity index (χ1v) is 10.2. The number of ether oxygens (including phenoxy) is 1. The summed E-state index contributed by atoms with van der Waals surface area (Å²) in [6.07, 6.45) is 0.542. The second-order valence-electron chi connectivity index (χ2n) is 6.02. The molecule has 0 unspecified atom stereocenters. The minimum atomic E-state index is -4.37. The van der Waals surface area contributed by atoms with Gasteiger partial charge in [0.1, 0.15) is 15.9 Å². The molecule has 29 heavy (non-hydrogen) atoms. The second-order valence-corrected chi connectivity index (χ2v) is 8.08. The summed E-state index contributed by atoms with van der Waals surface area (Å²) in [7, 11) is 0. The van der Waals surface area contributed by atoms with Crippen LogP contribution in [-0.4, -0.2) is 39.5 Å². The number of hydrogen-bond donors (Lipinski definition) is 0. The molecule has 0 aliphatic carbocycles. The summed E-state index contributed by atoms with van der Waals surface area (Å²) in [5.74, 6) is -0.603. The number of benzene rings is 1. The molecule has 9 heteroatoms. The second kappa shape index (κ2) is 10.7. The molecule has 3 nitrogen and oxygen atoms in total. The Morgan fingerprint density at radius 1 is 1.24 bits per heavy atom. The minimum absolute atomic E-state index is 0.0243. The van der Waals surface area contributed by atoms with Gasteiger partial charge < -0.3 is 9.64 Å². The Morgan fingerprint density at radius 2 is 1.93 bits per heavy atom. The first-order valence-electron chi connectivity index (χ1n) is 8.54. The van der Waals surface area contributed by atoms with Gasteiger partial charge in [-0.25, -0.2) is 0 Å². The average Bonchev–Trinajstić information content (AvgIpc) is 2.88. The zero-order chi connectivity index (χ0) is 21.4. The molecular formula is C20H18F3NO2S3. The van der Waals surface area contributed by atoms with Gasteiger partial charge in [0.25, 0.3) is 0 Å². The maximum Gasteiger partial charge on any atom is 0.409 e. The molecule has 1 aromatic carbocycles. The fourth-order valence-corrected chi connectivity index (χ4v) is 4.11. The number of rotatable bonds is 7. The topological polar surface area (TPSA) is 29.5 Å². The minimum Gasteiger partial charge on any atom is -0.464 e. The molecule has 2 rings (SSSR count). The highest BCUT2D eigenvalue weighted by Crippen LogP contribution is 2.33. The Morgan fingerprint density at radius 3 is 2.59 bits per heavy atom. The summed E-state index contributed by atoms with van der Waals surface area (Å²) in [6.45, 7) is 1.62. The van der Waals surface area contributed by atoms with Gasteiger partial charge in [-0.15, -0.1) is 0 Å². The maximum absolute atomic E-state index is 12.0. The van der Waals surface area contributed by atoms with E-state index in [0.717, 1.165) is 22.1 Å². The fourth-order valence-electron chi connectivity index (χ4n) is 2.33. The van der Waals surface area contributed by atoms with Gasteiger partial charge in [0.05, 0.1) is 6.61 Å². The molecule has 154 valence electrons. The predicted octanol–water partition coefficient (Wildman–Crippen LogP) is 5.69. The van der Waals surface area contributed by atoms with Crippen LogP contribution in [0.3, 0.4) is 0 Å². The standard InChI is InChI=1S/C20H18F3NO2S3/c1-14(11-15-7-3-2-4-8-15)12-16-18(27)24(19(28)29-16)13-17(25)26-10-6-5-9-20(21,22)23/h2-5,7-9,11-12H,6,10,13H2,1H3/b9-5-,14-11+,16-12-. The van der Waals surface area contributed by atoms with Gasteiger partial charge in [-0.2, -0.15) is 13.2 Å². The van der Waals surface area contributed by atoms with E-state index in [4.69, 9.17) is 29.2 Å². The van der Waals surface area contributed by atoms with Gasteiger partial charge in [-0.3, -0.25) is 4.79 Å². The third kappa shape index (κ3) is 8.12. The lowest BCUT2D eigenvalue weighted by Crippen LogP contribution is -2.33. The number of halogens is 3. The van der Waals surface area contributed by atoms with E-state index in [1.54, 1.807) is 0 Å². The zero-order valence-corrected chi connectivity index (χ0v) is 17.9. The Labute approximate surface area is 182 Å². The molecule has 0 atom stereocenters.